The fourth-order valence-corrected chi connectivity index (χ4v) is 4.20. The summed E-state index contributed by atoms with van der Waals surface area (Å²) < 4.78 is 5.04. The molecular weight excluding hydrogens is 414 g/mol. The van der Waals surface area contributed by atoms with Crippen LogP contribution in [0.2, 0.25) is 0 Å². The van der Waals surface area contributed by atoms with E-state index in [1.165, 1.54) is 25.7 Å². The van der Waals surface area contributed by atoms with E-state index in [-0.39, 0.29) is 5.41 Å². The number of rotatable bonds is 11. The van der Waals surface area contributed by atoms with Crippen LogP contribution in [0.4, 0.5) is 11.6 Å². The van der Waals surface area contributed by atoms with Gasteiger partial charge in [0, 0.05) is 44.2 Å². The topological polar surface area (TPSA) is 108 Å². The molecule has 0 aromatic carbocycles. The van der Waals surface area contributed by atoms with Crippen molar-refractivity contribution < 1.29 is 4.74 Å². The van der Waals surface area contributed by atoms with Gasteiger partial charge in [-0.2, -0.15) is 5.26 Å². The largest absolute Gasteiger partial charge is 0.383 e. The molecule has 174 valence electrons. The molecule has 4 rings (SSSR count). The molecule has 0 atom stereocenters. The van der Waals surface area contributed by atoms with Gasteiger partial charge >= 0.3 is 0 Å². The van der Waals surface area contributed by atoms with Crippen LogP contribution in [-0.4, -0.2) is 54.5 Å². The Morgan fingerprint density at radius 2 is 1.97 bits per heavy atom. The number of ether oxygens (including phenoxy) is 1. The lowest BCUT2D eigenvalue weighted by Gasteiger charge is -2.26. The predicted octanol–water partition coefficient (Wildman–Crippen LogP) is 4.19. The Morgan fingerprint density at radius 1 is 1.15 bits per heavy atom. The van der Waals surface area contributed by atoms with Crippen LogP contribution in [0.3, 0.4) is 0 Å². The van der Waals surface area contributed by atoms with E-state index in [4.69, 9.17) is 4.74 Å². The molecule has 2 aliphatic carbocycles. The number of nitrogens with one attached hydrogen (secondary N) is 2. The summed E-state index contributed by atoms with van der Waals surface area (Å²) in [6.45, 7) is 3.00. The molecule has 2 heterocycles. The molecule has 2 aromatic heterocycles. The van der Waals surface area contributed by atoms with Gasteiger partial charge in [0.05, 0.1) is 30.3 Å². The minimum Gasteiger partial charge on any atom is -0.383 e. The van der Waals surface area contributed by atoms with Gasteiger partial charge in [-0.05, 0) is 62.5 Å². The number of pyridine rings is 1. The molecule has 2 N–H and O–H groups in total. The van der Waals surface area contributed by atoms with Crippen molar-refractivity contribution in [2.45, 2.75) is 38.5 Å². The Balaban J connectivity index is 1.27. The first-order chi connectivity index (χ1) is 16.2. The second-order valence-corrected chi connectivity index (χ2v) is 9.17. The highest BCUT2D eigenvalue weighted by Crippen LogP contribution is 2.44. The van der Waals surface area contributed by atoms with Crippen molar-refractivity contribution >= 4 is 17.9 Å². The number of hydrogen-bond acceptors (Lipinski definition) is 8. The van der Waals surface area contributed by atoms with Crippen LogP contribution >= 0.6 is 0 Å². The second kappa shape index (κ2) is 11.2. The maximum Gasteiger partial charge on any atom is 0.129 e. The van der Waals surface area contributed by atoms with E-state index in [1.807, 2.05) is 18.2 Å². The van der Waals surface area contributed by atoms with Crippen LogP contribution in [0, 0.1) is 28.6 Å². The molecule has 0 aliphatic heterocycles. The summed E-state index contributed by atoms with van der Waals surface area (Å²) in [5, 5.41) is 16.1. The highest BCUT2D eigenvalue weighted by atomic mass is 16.5. The third kappa shape index (κ3) is 6.72. The molecule has 33 heavy (non-hydrogen) atoms. The van der Waals surface area contributed by atoms with Gasteiger partial charge in [-0.25, -0.2) is 15.0 Å². The molecule has 2 aromatic rings. The van der Waals surface area contributed by atoms with E-state index in [0.29, 0.717) is 25.0 Å². The van der Waals surface area contributed by atoms with E-state index < -0.39 is 0 Å². The van der Waals surface area contributed by atoms with Crippen LogP contribution < -0.4 is 10.6 Å². The van der Waals surface area contributed by atoms with Crippen LogP contribution in [0.15, 0.2) is 35.7 Å². The third-order valence-corrected chi connectivity index (χ3v) is 6.63. The first-order valence-corrected chi connectivity index (χ1v) is 11.9. The monoisotopic (exact) mass is 447 g/mol. The van der Waals surface area contributed by atoms with Crippen molar-refractivity contribution in [1.29, 1.82) is 5.26 Å². The zero-order valence-electron chi connectivity index (χ0n) is 19.3. The summed E-state index contributed by atoms with van der Waals surface area (Å²) in [4.78, 5) is 17.7. The average Bonchev–Trinajstić information content (AvgIpc) is 3.66. The minimum atomic E-state index is -0.209. The van der Waals surface area contributed by atoms with Crippen molar-refractivity contribution in [3.8, 4) is 17.3 Å². The van der Waals surface area contributed by atoms with Gasteiger partial charge in [-0.1, -0.05) is 0 Å². The average molecular weight is 448 g/mol. The smallest absolute Gasteiger partial charge is 0.129 e. The number of aliphatic imine (C=N–C) groups is 1. The highest BCUT2D eigenvalue weighted by Gasteiger charge is 2.42. The normalized spacial score (nSPS) is 21.5. The van der Waals surface area contributed by atoms with E-state index >= 15 is 0 Å². The molecule has 0 unspecified atom stereocenters. The van der Waals surface area contributed by atoms with E-state index in [9.17, 15) is 5.26 Å². The molecule has 0 saturated heterocycles. The number of aromatic nitrogens is 3. The second-order valence-electron chi connectivity index (χ2n) is 9.17. The Kier molecular flexibility index (Phi) is 7.84. The fourth-order valence-electron chi connectivity index (χ4n) is 4.20. The minimum absolute atomic E-state index is 0.209. The van der Waals surface area contributed by atoms with Crippen molar-refractivity contribution in [1.82, 2.24) is 15.0 Å². The Labute approximate surface area is 195 Å². The summed E-state index contributed by atoms with van der Waals surface area (Å²) in [5.74, 6) is 2.86. The molecule has 2 aliphatic rings. The number of nitriles is 1. The number of hydrogen-bond donors (Lipinski definition) is 2. The van der Waals surface area contributed by atoms with Gasteiger partial charge in [0.2, 0.25) is 0 Å². The van der Waals surface area contributed by atoms with Gasteiger partial charge < -0.3 is 15.4 Å². The third-order valence-electron chi connectivity index (χ3n) is 6.63. The molecule has 0 radical (unpaired) electrons. The maximum atomic E-state index is 9.26. The standard InChI is InChI=1S/C25H33N7O/c1-33-11-10-27-14-19-2-4-20(5-3-19)15-29-24-13-22(31-18-32-24)21-6-9-28-23(12-21)30-17-25(16-26)7-8-25/h6,9,12-14,18-20H,2-5,7-8,10-11,15,17H2,1H3,(H,28,30)(H,29,31,32). The summed E-state index contributed by atoms with van der Waals surface area (Å²) in [7, 11) is 1.71. The van der Waals surface area contributed by atoms with E-state index in [1.54, 1.807) is 19.6 Å². The van der Waals surface area contributed by atoms with Crippen LogP contribution in [0.1, 0.15) is 38.5 Å². The predicted molar refractivity (Wildman–Crippen MR) is 130 cm³/mol. The SMILES string of the molecule is COCCN=CC1CCC(CNc2cc(-c3ccnc(NCC4(C#N)CC4)c3)ncn2)CC1. The lowest BCUT2D eigenvalue weighted by molar-refractivity contribution is 0.208. The Hall–Kier alpha value is -3.05. The quantitative estimate of drug-likeness (QED) is 0.393. The Morgan fingerprint density at radius 3 is 2.73 bits per heavy atom. The van der Waals surface area contributed by atoms with Crippen LogP contribution in [0.25, 0.3) is 11.3 Å². The summed E-state index contributed by atoms with van der Waals surface area (Å²) >= 11 is 0. The zero-order chi connectivity index (χ0) is 22.9. The van der Waals surface area contributed by atoms with Crippen LogP contribution in [-0.2, 0) is 4.74 Å². The van der Waals surface area contributed by atoms with Crippen molar-refractivity contribution in [2.75, 3.05) is 44.0 Å². The number of anilines is 2. The molecule has 0 bridgehead atoms. The summed E-state index contributed by atoms with van der Waals surface area (Å²) in [6, 6.07) is 8.32. The van der Waals surface area contributed by atoms with Gasteiger partial charge in [-0.15, -0.1) is 0 Å². The van der Waals surface area contributed by atoms with Crippen molar-refractivity contribution in [3.63, 3.8) is 0 Å². The molecule has 0 spiro atoms. The van der Waals surface area contributed by atoms with Gasteiger partial charge in [0.25, 0.3) is 0 Å². The maximum absolute atomic E-state index is 9.26. The Bertz CT molecular complexity index is 975. The van der Waals surface area contributed by atoms with Crippen LogP contribution in [0.5, 0.6) is 0 Å². The molecule has 0 amide bonds. The van der Waals surface area contributed by atoms with Crippen molar-refractivity contribution in [3.05, 3.63) is 30.7 Å². The lowest BCUT2D eigenvalue weighted by atomic mass is 9.82. The van der Waals surface area contributed by atoms with E-state index in [0.717, 1.165) is 48.8 Å². The van der Waals surface area contributed by atoms with Crippen molar-refractivity contribution in [2.24, 2.45) is 22.2 Å². The fraction of sp³-hybridized carbons (Fsp3) is 0.560. The van der Waals surface area contributed by atoms with Gasteiger partial charge in [-0.3, -0.25) is 4.99 Å². The summed E-state index contributed by atoms with van der Waals surface area (Å²) in [6.07, 6.45) is 12.2. The molecular formula is C25H33N7O. The zero-order valence-corrected chi connectivity index (χ0v) is 19.3. The molecule has 2 saturated carbocycles. The number of nitrogens with zero attached hydrogens (tertiary/aromatic N) is 5. The first-order valence-electron chi connectivity index (χ1n) is 11.9. The van der Waals surface area contributed by atoms with Gasteiger partial charge in [0.15, 0.2) is 0 Å². The molecule has 8 nitrogen and oxygen atoms in total. The highest BCUT2D eigenvalue weighted by molar-refractivity contribution is 5.65. The molecule has 8 heteroatoms. The molecule has 2 fully saturated rings. The number of methoxy groups -OCH3 is 1. The van der Waals surface area contributed by atoms with E-state index in [2.05, 4.69) is 42.9 Å². The first kappa shape index (κ1) is 23.1. The lowest BCUT2D eigenvalue weighted by Crippen LogP contribution is -2.22. The summed E-state index contributed by atoms with van der Waals surface area (Å²) in [5.41, 5.74) is 1.63. The van der Waals surface area contributed by atoms with Gasteiger partial charge in [0.1, 0.15) is 18.0 Å².